The highest BCUT2D eigenvalue weighted by Gasteiger charge is 2.13. The lowest BCUT2D eigenvalue weighted by atomic mass is 10.0. The molecule has 13 heavy (non-hydrogen) atoms. The van der Waals surface area contributed by atoms with Gasteiger partial charge in [-0.15, -0.1) is 0 Å². The highest BCUT2D eigenvalue weighted by Crippen LogP contribution is 2.14. The van der Waals surface area contributed by atoms with Crippen LogP contribution in [0.5, 0.6) is 0 Å². The largest absolute Gasteiger partial charge is 0.481 e. The molecule has 0 saturated heterocycles. The Hall–Kier alpha value is -1.38. The summed E-state index contributed by atoms with van der Waals surface area (Å²) >= 11 is 0. The molecule has 0 aliphatic rings. The number of nitrogens with zero attached hydrogens (tertiary/aromatic N) is 1. The highest BCUT2D eigenvalue weighted by atomic mass is 16.4. The second-order valence-corrected chi connectivity index (χ2v) is 3.00. The Bertz CT molecular complexity index is 292. The van der Waals surface area contributed by atoms with Crippen molar-refractivity contribution in [3.05, 3.63) is 29.6 Å². The number of rotatable bonds is 3. The second-order valence-electron chi connectivity index (χ2n) is 3.00. The molecular formula is C10H13NO2. The van der Waals surface area contributed by atoms with Crippen LogP contribution in [0.3, 0.4) is 0 Å². The van der Waals surface area contributed by atoms with Gasteiger partial charge in [0.2, 0.25) is 0 Å². The van der Waals surface area contributed by atoms with Crippen molar-refractivity contribution in [3.8, 4) is 0 Å². The molecule has 0 bridgehead atoms. The number of pyridine rings is 1. The first kappa shape index (κ1) is 9.71. The number of carboxylic acid groups (broad SMARTS) is 1. The minimum absolute atomic E-state index is 0.474. The van der Waals surface area contributed by atoms with Gasteiger partial charge in [-0.2, -0.15) is 0 Å². The normalized spacial score (nSPS) is 12.5. The van der Waals surface area contributed by atoms with Gasteiger partial charge in [0.1, 0.15) is 0 Å². The molecule has 0 aromatic carbocycles. The van der Waals surface area contributed by atoms with Crippen molar-refractivity contribution >= 4 is 5.97 Å². The van der Waals surface area contributed by atoms with Gasteiger partial charge in [-0.1, -0.05) is 13.0 Å². The van der Waals surface area contributed by atoms with Crippen LogP contribution in [0.25, 0.3) is 0 Å². The Morgan fingerprint density at radius 3 is 2.69 bits per heavy atom. The lowest BCUT2D eigenvalue weighted by Gasteiger charge is -2.05. The zero-order valence-electron chi connectivity index (χ0n) is 7.82. The smallest absolute Gasteiger partial charge is 0.310 e. The van der Waals surface area contributed by atoms with Gasteiger partial charge in [0.25, 0.3) is 0 Å². The van der Waals surface area contributed by atoms with Crippen molar-refractivity contribution < 1.29 is 9.90 Å². The maximum absolute atomic E-state index is 10.6. The van der Waals surface area contributed by atoms with Gasteiger partial charge in [0, 0.05) is 11.9 Å². The fraction of sp³-hybridized carbons (Fsp3) is 0.400. The number of hydrogen-bond acceptors (Lipinski definition) is 2. The molecule has 1 rings (SSSR count). The van der Waals surface area contributed by atoms with Crippen LogP contribution < -0.4 is 0 Å². The van der Waals surface area contributed by atoms with E-state index in [1.807, 2.05) is 19.1 Å². The molecule has 1 aromatic rings. The predicted octanol–water partition coefficient (Wildman–Crippen LogP) is 1.83. The van der Waals surface area contributed by atoms with Crippen LogP contribution in [0.15, 0.2) is 18.3 Å². The highest BCUT2D eigenvalue weighted by molar-refractivity contribution is 5.75. The monoisotopic (exact) mass is 179 g/mol. The molecule has 3 heteroatoms. The van der Waals surface area contributed by atoms with Crippen LogP contribution in [0, 0.1) is 0 Å². The second kappa shape index (κ2) is 4.03. The van der Waals surface area contributed by atoms with Crippen LogP contribution in [-0.4, -0.2) is 16.1 Å². The van der Waals surface area contributed by atoms with E-state index in [9.17, 15) is 4.79 Å². The molecule has 1 atom stereocenters. The fourth-order valence-electron chi connectivity index (χ4n) is 1.04. The van der Waals surface area contributed by atoms with E-state index in [0.717, 1.165) is 17.7 Å². The van der Waals surface area contributed by atoms with Gasteiger partial charge in [-0.05, 0) is 25.0 Å². The third kappa shape index (κ3) is 2.28. The maximum Gasteiger partial charge on any atom is 0.310 e. The summed E-state index contributed by atoms with van der Waals surface area (Å²) in [6, 6.07) is 3.69. The number of aliphatic carboxylic acids is 1. The number of carboxylic acids is 1. The molecule has 70 valence electrons. The van der Waals surface area contributed by atoms with E-state index in [0.29, 0.717) is 0 Å². The summed E-state index contributed by atoms with van der Waals surface area (Å²) in [5.41, 5.74) is 1.74. The number of aryl methyl sites for hydroxylation is 1. The fourth-order valence-corrected chi connectivity index (χ4v) is 1.04. The van der Waals surface area contributed by atoms with Crippen molar-refractivity contribution in [2.75, 3.05) is 0 Å². The molecule has 0 saturated carbocycles. The van der Waals surface area contributed by atoms with Gasteiger partial charge >= 0.3 is 5.97 Å². The SMILES string of the molecule is CCc1ccc(C(C)C(=O)O)cn1. The first-order valence-electron chi connectivity index (χ1n) is 4.32. The minimum Gasteiger partial charge on any atom is -0.481 e. The quantitative estimate of drug-likeness (QED) is 0.770. The number of hydrogen-bond donors (Lipinski definition) is 1. The molecule has 1 aromatic heterocycles. The summed E-state index contributed by atoms with van der Waals surface area (Å²) in [7, 11) is 0. The maximum atomic E-state index is 10.6. The van der Waals surface area contributed by atoms with Crippen LogP contribution in [0.2, 0.25) is 0 Å². The molecule has 1 unspecified atom stereocenters. The Kier molecular flexibility index (Phi) is 3.01. The Morgan fingerprint density at radius 2 is 2.31 bits per heavy atom. The molecule has 0 aliphatic heterocycles. The Morgan fingerprint density at radius 1 is 1.62 bits per heavy atom. The summed E-state index contributed by atoms with van der Waals surface area (Å²) in [6.45, 7) is 3.67. The molecular weight excluding hydrogens is 166 g/mol. The molecule has 0 radical (unpaired) electrons. The van der Waals surface area contributed by atoms with Crippen molar-refractivity contribution in [2.45, 2.75) is 26.2 Å². The van der Waals surface area contributed by atoms with E-state index < -0.39 is 11.9 Å². The van der Waals surface area contributed by atoms with E-state index in [1.165, 1.54) is 0 Å². The molecule has 1 N–H and O–H groups in total. The van der Waals surface area contributed by atoms with Crippen LogP contribution >= 0.6 is 0 Å². The van der Waals surface area contributed by atoms with Crippen molar-refractivity contribution in [1.29, 1.82) is 0 Å². The van der Waals surface area contributed by atoms with E-state index in [4.69, 9.17) is 5.11 Å². The Labute approximate surface area is 77.4 Å². The lowest BCUT2D eigenvalue weighted by molar-refractivity contribution is -0.138. The zero-order valence-corrected chi connectivity index (χ0v) is 7.82. The summed E-state index contributed by atoms with van der Waals surface area (Å²) in [5, 5.41) is 8.73. The molecule has 0 spiro atoms. The van der Waals surface area contributed by atoms with Crippen molar-refractivity contribution in [3.63, 3.8) is 0 Å². The van der Waals surface area contributed by atoms with Gasteiger partial charge < -0.3 is 5.11 Å². The van der Waals surface area contributed by atoms with Gasteiger partial charge in [-0.25, -0.2) is 0 Å². The predicted molar refractivity (Wildman–Crippen MR) is 49.7 cm³/mol. The standard InChI is InChI=1S/C10H13NO2/c1-3-9-5-4-8(6-11-9)7(2)10(12)13/h4-7H,3H2,1-2H3,(H,12,13). The Balaban J connectivity index is 2.85. The molecule has 3 nitrogen and oxygen atoms in total. The van der Waals surface area contributed by atoms with Gasteiger partial charge in [0.05, 0.1) is 5.92 Å². The van der Waals surface area contributed by atoms with E-state index >= 15 is 0 Å². The third-order valence-electron chi connectivity index (χ3n) is 2.08. The molecule has 1 heterocycles. The summed E-state index contributed by atoms with van der Waals surface area (Å²) in [4.78, 5) is 14.8. The topological polar surface area (TPSA) is 50.2 Å². The number of aromatic nitrogens is 1. The molecule has 0 fully saturated rings. The first-order valence-corrected chi connectivity index (χ1v) is 4.32. The average Bonchev–Trinajstić information content (AvgIpc) is 2.17. The van der Waals surface area contributed by atoms with E-state index in [2.05, 4.69) is 4.98 Å². The lowest BCUT2D eigenvalue weighted by Crippen LogP contribution is -2.07. The third-order valence-corrected chi connectivity index (χ3v) is 2.08. The zero-order chi connectivity index (χ0) is 9.84. The van der Waals surface area contributed by atoms with Crippen LogP contribution in [-0.2, 0) is 11.2 Å². The summed E-state index contributed by atoms with van der Waals surface area (Å²) < 4.78 is 0. The van der Waals surface area contributed by atoms with E-state index in [1.54, 1.807) is 13.1 Å². The van der Waals surface area contributed by atoms with Gasteiger partial charge in [0.15, 0.2) is 0 Å². The first-order chi connectivity index (χ1) is 6.15. The number of carbonyl (C=O) groups is 1. The summed E-state index contributed by atoms with van der Waals surface area (Å²) in [5.74, 6) is -1.29. The van der Waals surface area contributed by atoms with Crippen molar-refractivity contribution in [1.82, 2.24) is 4.98 Å². The summed E-state index contributed by atoms with van der Waals surface area (Å²) in [6.07, 6.45) is 2.51. The minimum atomic E-state index is -0.814. The van der Waals surface area contributed by atoms with Crippen LogP contribution in [0.4, 0.5) is 0 Å². The van der Waals surface area contributed by atoms with Crippen molar-refractivity contribution in [2.24, 2.45) is 0 Å². The van der Waals surface area contributed by atoms with Gasteiger partial charge in [-0.3, -0.25) is 9.78 Å². The molecule has 0 aliphatic carbocycles. The van der Waals surface area contributed by atoms with Crippen LogP contribution in [0.1, 0.15) is 31.0 Å². The van der Waals surface area contributed by atoms with E-state index in [-0.39, 0.29) is 0 Å². The molecule has 0 amide bonds. The average molecular weight is 179 g/mol.